The molecule has 1 amide bonds. The van der Waals surface area contributed by atoms with Crippen molar-refractivity contribution in [2.75, 3.05) is 43.9 Å². The number of pyridine rings is 1. The SMILES string of the molecule is Cc1ccc(NC(=O)c2ccc(CN3CCN(C)CC3)cc2)cc1NC(N)=Nc1nccc(-c2cccnc2)n1. The summed E-state index contributed by atoms with van der Waals surface area (Å²) in [6.07, 6.45) is 5.06. The number of piperazine rings is 1. The van der Waals surface area contributed by atoms with Gasteiger partial charge in [0.05, 0.1) is 5.69 Å². The summed E-state index contributed by atoms with van der Waals surface area (Å²) in [5.41, 5.74) is 11.8. The fourth-order valence-electron chi connectivity index (χ4n) is 4.41. The third-order valence-corrected chi connectivity index (χ3v) is 6.80. The van der Waals surface area contributed by atoms with E-state index in [0.29, 0.717) is 22.6 Å². The van der Waals surface area contributed by atoms with Crippen molar-refractivity contribution in [2.24, 2.45) is 10.7 Å². The van der Waals surface area contributed by atoms with Crippen molar-refractivity contribution in [3.8, 4) is 11.3 Å². The van der Waals surface area contributed by atoms with Crippen molar-refractivity contribution in [3.63, 3.8) is 0 Å². The van der Waals surface area contributed by atoms with E-state index in [-0.39, 0.29) is 17.8 Å². The number of amides is 1. The Balaban J connectivity index is 1.22. The molecule has 10 heteroatoms. The second-order valence-electron chi connectivity index (χ2n) is 9.87. The van der Waals surface area contributed by atoms with Gasteiger partial charge in [-0.15, -0.1) is 0 Å². The molecule has 0 bridgehead atoms. The molecule has 10 nitrogen and oxygen atoms in total. The molecular weight excluding hydrogens is 502 g/mol. The van der Waals surface area contributed by atoms with Crippen molar-refractivity contribution >= 4 is 29.2 Å². The topological polar surface area (TPSA) is 125 Å². The quantitative estimate of drug-likeness (QED) is 0.240. The first-order valence-electron chi connectivity index (χ1n) is 13.2. The van der Waals surface area contributed by atoms with Crippen LogP contribution in [0.25, 0.3) is 11.3 Å². The maximum atomic E-state index is 12.9. The predicted molar refractivity (Wildman–Crippen MR) is 159 cm³/mol. The van der Waals surface area contributed by atoms with Gasteiger partial charge in [0.1, 0.15) is 0 Å². The van der Waals surface area contributed by atoms with Gasteiger partial charge in [-0.05, 0) is 67.6 Å². The minimum Gasteiger partial charge on any atom is -0.369 e. The average molecular weight is 536 g/mol. The minimum atomic E-state index is -0.178. The van der Waals surface area contributed by atoms with Gasteiger partial charge in [-0.25, -0.2) is 9.97 Å². The summed E-state index contributed by atoms with van der Waals surface area (Å²) in [7, 11) is 2.15. The first-order chi connectivity index (χ1) is 19.4. The maximum Gasteiger partial charge on any atom is 0.255 e. The van der Waals surface area contributed by atoms with E-state index in [2.05, 4.69) is 47.4 Å². The van der Waals surface area contributed by atoms with Crippen LogP contribution in [0.15, 0.2) is 84.2 Å². The van der Waals surface area contributed by atoms with Crippen LogP contribution >= 0.6 is 0 Å². The number of aryl methyl sites for hydroxylation is 1. The van der Waals surface area contributed by atoms with Gasteiger partial charge in [0.15, 0.2) is 0 Å². The van der Waals surface area contributed by atoms with Gasteiger partial charge in [0.2, 0.25) is 5.96 Å². The average Bonchev–Trinajstić information content (AvgIpc) is 2.97. The Bertz CT molecular complexity index is 1480. The Hall–Kier alpha value is -4.67. The number of nitrogens with two attached hydrogens (primary N) is 1. The number of nitrogens with zero attached hydrogens (tertiary/aromatic N) is 6. The fourth-order valence-corrected chi connectivity index (χ4v) is 4.41. The molecule has 4 N–H and O–H groups in total. The van der Waals surface area contributed by atoms with Gasteiger partial charge in [-0.2, -0.15) is 4.99 Å². The first kappa shape index (κ1) is 26.9. The number of hydrogen-bond acceptors (Lipinski definition) is 7. The molecular formula is C30H33N9O. The third kappa shape index (κ3) is 7.04. The lowest BCUT2D eigenvalue weighted by atomic mass is 10.1. The molecule has 1 saturated heterocycles. The summed E-state index contributed by atoms with van der Waals surface area (Å²) in [6.45, 7) is 7.12. The van der Waals surface area contributed by atoms with E-state index >= 15 is 0 Å². The van der Waals surface area contributed by atoms with Crippen molar-refractivity contribution in [1.29, 1.82) is 0 Å². The Morgan fingerprint density at radius 2 is 1.80 bits per heavy atom. The van der Waals surface area contributed by atoms with Crippen LogP contribution in [0.4, 0.5) is 17.3 Å². The van der Waals surface area contributed by atoms with E-state index in [1.54, 1.807) is 24.7 Å². The fraction of sp³-hybridized carbons (Fsp3) is 0.233. The molecule has 3 heterocycles. The Labute approximate surface area is 234 Å². The molecule has 2 aromatic heterocycles. The van der Waals surface area contributed by atoms with Gasteiger partial charge in [-0.3, -0.25) is 14.7 Å². The lowest BCUT2D eigenvalue weighted by Crippen LogP contribution is -2.43. The van der Waals surface area contributed by atoms with Gasteiger partial charge >= 0.3 is 0 Å². The summed E-state index contributed by atoms with van der Waals surface area (Å²) in [5, 5.41) is 6.07. The Kier molecular flexibility index (Phi) is 8.38. The molecule has 204 valence electrons. The number of carbonyl (C=O) groups excluding carboxylic acids is 1. The lowest BCUT2D eigenvalue weighted by Gasteiger charge is -2.32. The Morgan fingerprint density at radius 1 is 1.00 bits per heavy atom. The standard InChI is InChI=1S/C30H33N9O/c1-21-5-10-25(34-28(40)23-8-6-22(7-9-23)20-39-16-14-38(2)15-17-39)18-27(21)35-29(31)37-30-33-13-11-26(36-30)24-4-3-12-32-19-24/h3-13,18-19H,14-17,20H2,1-2H3,(H,34,40)(H3,31,33,35,36,37). The monoisotopic (exact) mass is 535 g/mol. The maximum absolute atomic E-state index is 12.9. The highest BCUT2D eigenvalue weighted by Crippen LogP contribution is 2.22. The molecule has 5 rings (SSSR count). The number of anilines is 2. The van der Waals surface area contributed by atoms with Crippen molar-refractivity contribution in [3.05, 3.63) is 95.9 Å². The number of guanidine groups is 1. The van der Waals surface area contributed by atoms with E-state index in [4.69, 9.17) is 5.73 Å². The van der Waals surface area contributed by atoms with Crippen LogP contribution in [0.1, 0.15) is 21.5 Å². The molecule has 0 spiro atoms. The Morgan fingerprint density at radius 3 is 2.55 bits per heavy atom. The zero-order valence-corrected chi connectivity index (χ0v) is 22.7. The second-order valence-corrected chi connectivity index (χ2v) is 9.87. The number of aromatic nitrogens is 3. The summed E-state index contributed by atoms with van der Waals surface area (Å²) in [6, 6.07) is 18.9. The van der Waals surface area contributed by atoms with Crippen molar-refractivity contribution in [1.82, 2.24) is 24.8 Å². The zero-order valence-electron chi connectivity index (χ0n) is 22.7. The number of rotatable bonds is 7. The predicted octanol–water partition coefficient (Wildman–Crippen LogP) is 3.91. The van der Waals surface area contributed by atoms with Gasteiger partial charge in [0.25, 0.3) is 11.9 Å². The van der Waals surface area contributed by atoms with Crippen LogP contribution in [0.5, 0.6) is 0 Å². The molecule has 0 unspecified atom stereocenters. The van der Waals surface area contributed by atoms with E-state index in [1.807, 2.05) is 61.5 Å². The minimum absolute atomic E-state index is 0.130. The number of likely N-dealkylation sites (N-methyl/N-ethyl adjacent to an activating group) is 1. The molecule has 0 atom stereocenters. The second kappa shape index (κ2) is 12.5. The molecule has 2 aromatic carbocycles. The van der Waals surface area contributed by atoms with Crippen LogP contribution in [0.3, 0.4) is 0 Å². The molecule has 40 heavy (non-hydrogen) atoms. The van der Waals surface area contributed by atoms with Gasteiger partial charge in [-0.1, -0.05) is 18.2 Å². The molecule has 0 saturated carbocycles. The van der Waals surface area contributed by atoms with E-state index < -0.39 is 0 Å². The molecule has 1 fully saturated rings. The van der Waals surface area contributed by atoms with Crippen LogP contribution in [0, 0.1) is 6.92 Å². The van der Waals surface area contributed by atoms with Crippen LogP contribution in [-0.4, -0.2) is 69.8 Å². The lowest BCUT2D eigenvalue weighted by molar-refractivity contribution is 0.102. The molecule has 0 radical (unpaired) electrons. The number of benzene rings is 2. The number of aliphatic imine (C=N–C) groups is 1. The molecule has 1 aliphatic rings. The zero-order chi connectivity index (χ0) is 27.9. The summed E-state index contributed by atoms with van der Waals surface area (Å²) >= 11 is 0. The first-order valence-corrected chi connectivity index (χ1v) is 13.2. The number of hydrogen-bond donors (Lipinski definition) is 3. The molecule has 4 aromatic rings. The summed E-state index contributed by atoms with van der Waals surface area (Å²) in [5.74, 6) is 0.179. The molecule has 1 aliphatic heterocycles. The van der Waals surface area contributed by atoms with Gasteiger partial charge < -0.3 is 21.3 Å². The van der Waals surface area contributed by atoms with E-state index in [9.17, 15) is 4.79 Å². The number of carbonyl (C=O) groups is 1. The van der Waals surface area contributed by atoms with E-state index in [0.717, 1.165) is 43.9 Å². The number of nitrogens with one attached hydrogen (secondary N) is 2. The van der Waals surface area contributed by atoms with Gasteiger partial charge in [0, 0.05) is 73.8 Å². The highest BCUT2D eigenvalue weighted by Gasteiger charge is 2.14. The summed E-state index contributed by atoms with van der Waals surface area (Å²) < 4.78 is 0. The van der Waals surface area contributed by atoms with Crippen molar-refractivity contribution < 1.29 is 4.79 Å². The van der Waals surface area contributed by atoms with Crippen LogP contribution in [-0.2, 0) is 6.54 Å². The largest absolute Gasteiger partial charge is 0.369 e. The smallest absolute Gasteiger partial charge is 0.255 e. The third-order valence-electron chi connectivity index (χ3n) is 6.80. The van der Waals surface area contributed by atoms with Crippen LogP contribution in [0.2, 0.25) is 0 Å². The van der Waals surface area contributed by atoms with Crippen LogP contribution < -0.4 is 16.4 Å². The highest BCUT2D eigenvalue weighted by atomic mass is 16.1. The highest BCUT2D eigenvalue weighted by molar-refractivity contribution is 6.05. The van der Waals surface area contributed by atoms with Crippen molar-refractivity contribution in [2.45, 2.75) is 13.5 Å². The van der Waals surface area contributed by atoms with E-state index in [1.165, 1.54) is 5.56 Å². The normalized spacial score (nSPS) is 14.6. The molecule has 0 aliphatic carbocycles. The summed E-state index contributed by atoms with van der Waals surface area (Å²) in [4.78, 5) is 34.8.